The monoisotopic (exact) mass is 1130 g/mol. The largest absolute Gasteiger partial charge is 0.497 e. The van der Waals surface area contributed by atoms with Crippen LogP contribution in [0.2, 0.25) is 0 Å². The van der Waals surface area contributed by atoms with Crippen molar-refractivity contribution in [1.29, 1.82) is 0 Å². The minimum Gasteiger partial charge on any atom is -0.497 e. The number of rotatable bonds is 14. The van der Waals surface area contributed by atoms with Crippen molar-refractivity contribution in [3.05, 3.63) is 96.6 Å². The van der Waals surface area contributed by atoms with E-state index in [1.165, 1.54) is 32.5 Å². The number of amides is 3. The Bertz CT molecular complexity index is 2470. The number of cyclic esters (lactones) is 2. The van der Waals surface area contributed by atoms with Gasteiger partial charge in [-0.1, -0.05) is 57.8 Å². The molecule has 5 saturated heterocycles. The summed E-state index contributed by atoms with van der Waals surface area (Å²) in [7, 11) is 3.34. The first-order chi connectivity index (χ1) is 34.6. The number of anilines is 4. The van der Waals surface area contributed by atoms with E-state index < -0.39 is 64.2 Å². The second-order valence-corrected chi connectivity index (χ2v) is 37.9. The lowest BCUT2D eigenvalue weighted by molar-refractivity contribution is -0.122. The number of nitrogens with one attached hydrogen (secondary N) is 2. The SMILES string of the molecule is COc1ccc(P2(=S)SP(=S)(c3ccc(OC)cc3)S2)cc1.O=C(CF)NC[C@H]1CN(c2ccc(N3CCOCC3)c(F)c2)C(=O)O1.O=C1O[C@@H](CNC(=S)CF)CN1c1ccc(N2CCOCC2)c(F)c1. The first-order valence-electron chi connectivity index (χ1n) is 22.4. The second kappa shape index (κ2) is 25.7. The van der Waals surface area contributed by atoms with Crippen molar-refractivity contribution >= 4 is 123 Å². The topological polar surface area (TPSA) is 144 Å². The lowest BCUT2D eigenvalue weighted by Gasteiger charge is -2.40. The van der Waals surface area contributed by atoms with Crippen LogP contribution in [0.5, 0.6) is 11.5 Å². The fourth-order valence-electron chi connectivity index (χ4n) is 7.68. The zero-order chi connectivity index (χ0) is 51.4. The van der Waals surface area contributed by atoms with Gasteiger partial charge in [0.2, 0.25) is 0 Å². The van der Waals surface area contributed by atoms with Crippen LogP contribution in [0.3, 0.4) is 0 Å². The molecular formula is C46H52F4N6O9P2S5. The third kappa shape index (κ3) is 14.1. The van der Waals surface area contributed by atoms with Crippen LogP contribution in [0.25, 0.3) is 0 Å². The fourth-order valence-corrected chi connectivity index (χ4v) is 50.0. The highest BCUT2D eigenvalue weighted by atomic mass is 33.7. The molecule has 5 fully saturated rings. The lowest BCUT2D eigenvalue weighted by Crippen LogP contribution is -2.37. The minimum atomic E-state index is -1.66. The Kier molecular flexibility index (Phi) is 19.8. The number of nitrogens with zero attached hydrogens (tertiary/aromatic N) is 4. The molecule has 4 aromatic carbocycles. The number of thiocarbonyl (C=S) groups is 1. The van der Waals surface area contributed by atoms with Gasteiger partial charge in [-0.05, 0) is 84.9 Å². The summed E-state index contributed by atoms with van der Waals surface area (Å²) in [5.74, 6) is 0.120. The van der Waals surface area contributed by atoms with Crippen molar-refractivity contribution in [1.82, 2.24) is 10.6 Å². The summed E-state index contributed by atoms with van der Waals surface area (Å²) in [4.78, 5) is 41.4. The van der Waals surface area contributed by atoms with Crippen molar-refractivity contribution in [2.45, 2.75) is 12.2 Å². The zero-order valence-corrected chi connectivity index (χ0v) is 44.9. The molecule has 0 radical (unpaired) electrons. The quantitative estimate of drug-likeness (QED) is 0.0723. The van der Waals surface area contributed by atoms with E-state index in [-0.39, 0.29) is 31.2 Å². The number of alkyl halides is 2. The summed E-state index contributed by atoms with van der Waals surface area (Å²) in [5, 5.41) is 7.44. The molecule has 72 heavy (non-hydrogen) atoms. The van der Waals surface area contributed by atoms with Crippen molar-refractivity contribution < 1.29 is 60.4 Å². The molecule has 5 aliphatic rings. The Morgan fingerprint density at radius 2 is 1.06 bits per heavy atom. The van der Waals surface area contributed by atoms with E-state index in [2.05, 4.69) is 34.9 Å². The third-order valence-corrected chi connectivity index (χ3v) is 42.9. The summed E-state index contributed by atoms with van der Waals surface area (Å²) in [5.41, 5.74) is 1.76. The number of hydrogen-bond donors (Lipinski definition) is 2. The number of halogens is 4. The smallest absolute Gasteiger partial charge is 0.414 e. The number of methoxy groups -OCH3 is 2. The van der Waals surface area contributed by atoms with Gasteiger partial charge in [-0.15, -0.1) is 0 Å². The summed E-state index contributed by atoms with van der Waals surface area (Å²) in [6.45, 7) is 3.46. The van der Waals surface area contributed by atoms with Crippen LogP contribution < -0.4 is 50.3 Å². The van der Waals surface area contributed by atoms with Crippen LogP contribution in [0.1, 0.15) is 0 Å². The van der Waals surface area contributed by atoms with Crippen molar-refractivity contribution in [3.63, 3.8) is 0 Å². The highest BCUT2D eigenvalue weighted by Gasteiger charge is 2.46. The van der Waals surface area contributed by atoms with Crippen molar-refractivity contribution in [2.75, 3.05) is 126 Å². The van der Waals surface area contributed by atoms with Gasteiger partial charge in [0, 0.05) is 36.8 Å². The molecule has 9 rings (SSSR count). The number of benzene rings is 4. The van der Waals surface area contributed by atoms with Crippen LogP contribution in [0, 0.1) is 11.6 Å². The Morgan fingerprint density at radius 3 is 1.42 bits per heavy atom. The standard InChI is InChI=1S/C16H19F2N3O4.C16H19F2N3O3S.C14H14O2P2S4/c17-8-15(22)19-9-12-10-21(16(23)25-12)11-1-2-14(13(18)7-11)20-3-5-24-6-4-20;17-8-15(25)19-9-12-10-21(16(22)24-12)11-1-2-14(13(18)7-11)20-3-5-23-6-4-20;1-15-11-3-7-13(8-4-11)17(19)21-18(20,22-17)14-9-5-12(16-2)6-10-14/h1-2,7,12H,3-6,8-10H2,(H,19,22);1-2,7,12H,3-6,8-10H2,(H,19,25);3-10H,1-2H3/t2*12-;/m00./s1. The molecule has 0 saturated carbocycles. The van der Waals surface area contributed by atoms with E-state index in [9.17, 15) is 31.9 Å². The fraction of sp³-hybridized carbons (Fsp3) is 0.391. The first kappa shape index (κ1) is 55.4. The average molecular weight is 1130 g/mol. The molecule has 5 aliphatic heterocycles. The molecule has 4 aromatic rings. The molecule has 0 spiro atoms. The van der Waals surface area contributed by atoms with Gasteiger partial charge in [-0.3, -0.25) is 14.6 Å². The molecule has 0 unspecified atom stereocenters. The van der Waals surface area contributed by atoms with Crippen molar-refractivity contribution in [3.8, 4) is 11.5 Å². The number of morpholine rings is 2. The van der Waals surface area contributed by atoms with Crippen LogP contribution in [-0.2, 0) is 47.4 Å². The maximum absolute atomic E-state index is 14.5. The summed E-state index contributed by atoms with van der Waals surface area (Å²) in [6.07, 6.45) is -2.27. The molecule has 0 aromatic heterocycles. The van der Waals surface area contributed by atoms with Gasteiger partial charge in [0.1, 0.15) is 47.0 Å². The molecule has 26 heteroatoms. The van der Waals surface area contributed by atoms with Crippen LogP contribution >= 0.6 is 43.1 Å². The van der Waals surface area contributed by atoms with E-state index in [0.717, 1.165) is 11.5 Å². The Balaban J connectivity index is 0.000000159. The van der Waals surface area contributed by atoms with Crippen molar-refractivity contribution in [2.24, 2.45) is 0 Å². The van der Waals surface area contributed by atoms with E-state index in [1.54, 1.807) is 38.5 Å². The summed E-state index contributed by atoms with van der Waals surface area (Å²) < 4.78 is 81.3. The molecule has 2 N–H and O–H groups in total. The van der Waals surface area contributed by atoms with Gasteiger partial charge in [-0.25, -0.2) is 27.2 Å². The number of carbonyl (C=O) groups is 3. The lowest BCUT2D eigenvalue weighted by atomic mass is 10.2. The maximum Gasteiger partial charge on any atom is 0.414 e. The molecular weight excluding hydrogens is 1080 g/mol. The van der Waals surface area contributed by atoms with E-state index in [4.69, 9.17) is 64.3 Å². The highest BCUT2D eigenvalue weighted by Crippen LogP contribution is 3.04. The van der Waals surface area contributed by atoms with Crippen LogP contribution in [0.4, 0.5) is 49.9 Å². The molecule has 3 amide bonds. The molecule has 0 aliphatic carbocycles. The van der Waals surface area contributed by atoms with Crippen LogP contribution in [0.15, 0.2) is 84.9 Å². The Labute approximate surface area is 437 Å². The predicted molar refractivity (Wildman–Crippen MR) is 289 cm³/mol. The molecule has 2 atom stereocenters. The summed E-state index contributed by atoms with van der Waals surface area (Å²) in [6, 6.07) is 25.4. The van der Waals surface area contributed by atoms with E-state index in [1.807, 2.05) is 56.1 Å². The predicted octanol–water partition coefficient (Wildman–Crippen LogP) is 7.70. The number of ether oxygens (including phenoxy) is 6. The number of hydrogen-bond acceptors (Lipinski definition) is 16. The van der Waals surface area contributed by atoms with E-state index >= 15 is 0 Å². The van der Waals surface area contributed by atoms with Crippen LogP contribution in [-0.4, -0.2) is 142 Å². The van der Waals surface area contributed by atoms with Gasteiger partial charge < -0.3 is 48.9 Å². The van der Waals surface area contributed by atoms with Gasteiger partial charge in [0.05, 0.1) is 98.5 Å². The normalized spacial score (nSPS) is 22.5. The third-order valence-electron chi connectivity index (χ3n) is 11.4. The van der Waals surface area contributed by atoms with Gasteiger partial charge in [-0.2, -0.15) is 0 Å². The molecule has 5 heterocycles. The summed E-state index contributed by atoms with van der Waals surface area (Å²) >= 11 is 20.2. The van der Waals surface area contributed by atoms with E-state index in [0.29, 0.717) is 75.4 Å². The average Bonchev–Trinajstić information content (AvgIpc) is 3.98. The first-order valence-corrected chi connectivity index (χ1v) is 32.5. The Hall–Kier alpha value is -4.38. The molecule has 388 valence electrons. The zero-order valence-electron chi connectivity index (χ0n) is 39.0. The highest BCUT2D eigenvalue weighted by molar-refractivity contribution is 9.48. The minimum absolute atomic E-state index is 0.0132. The second-order valence-electron chi connectivity index (χ2n) is 16.1. The van der Waals surface area contributed by atoms with Gasteiger partial charge >= 0.3 is 12.2 Å². The molecule has 0 bridgehead atoms. The number of carbonyl (C=O) groups excluding carboxylic acids is 3. The maximum atomic E-state index is 14.5. The Morgan fingerprint density at radius 1 is 0.653 bits per heavy atom. The van der Waals surface area contributed by atoms with Gasteiger partial charge in [0.15, 0.2) is 6.67 Å². The van der Waals surface area contributed by atoms with Gasteiger partial charge in [0.25, 0.3) is 5.91 Å². The molecule has 15 nitrogen and oxygen atoms in total.